The second-order valence-electron chi connectivity index (χ2n) is 6.60. The molecule has 0 saturated carbocycles. The van der Waals surface area contributed by atoms with E-state index in [1.54, 1.807) is 0 Å². The number of likely N-dealkylation sites (N-methyl/N-ethyl adjacent to an activating group) is 1. The second kappa shape index (κ2) is 4.28. The Morgan fingerprint density at radius 1 is 1.31 bits per heavy atom. The highest BCUT2D eigenvalue weighted by Gasteiger charge is 2.48. The van der Waals surface area contributed by atoms with Gasteiger partial charge in [0.2, 0.25) is 0 Å². The van der Waals surface area contributed by atoms with Crippen LogP contribution in [0.5, 0.6) is 0 Å². The van der Waals surface area contributed by atoms with Crippen LogP contribution >= 0.6 is 0 Å². The van der Waals surface area contributed by atoms with E-state index in [-0.39, 0.29) is 23.2 Å². The Kier molecular flexibility index (Phi) is 3.73. The zero-order valence-electron chi connectivity index (χ0n) is 11.7. The topological polar surface area (TPSA) is 32.7 Å². The smallest absolute Gasteiger partial charge is 0.0980 e. The van der Waals surface area contributed by atoms with Crippen molar-refractivity contribution >= 4 is 0 Å². The maximum Gasteiger partial charge on any atom is 0.0980 e. The van der Waals surface area contributed by atoms with Gasteiger partial charge in [0.15, 0.2) is 0 Å². The van der Waals surface area contributed by atoms with Crippen molar-refractivity contribution in [1.29, 1.82) is 0 Å². The summed E-state index contributed by atoms with van der Waals surface area (Å²) in [7, 11) is 4.06. The third kappa shape index (κ3) is 2.41. The summed E-state index contributed by atoms with van der Waals surface area (Å²) >= 11 is 0. The number of aliphatic hydroxyl groups is 1. The van der Waals surface area contributed by atoms with Crippen molar-refractivity contribution in [2.24, 2.45) is 5.41 Å². The summed E-state index contributed by atoms with van der Waals surface area (Å²) < 4.78 is 5.93. The minimum atomic E-state index is -0.430. The van der Waals surface area contributed by atoms with Gasteiger partial charge < -0.3 is 14.7 Å². The second-order valence-corrected chi connectivity index (χ2v) is 6.60. The summed E-state index contributed by atoms with van der Waals surface area (Å²) in [5.74, 6) is 0. The zero-order valence-corrected chi connectivity index (χ0v) is 11.7. The van der Waals surface area contributed by atoms with E-state index in [2.05, 4.69) is 32.6 Å². The van der Waals surface area contributed by atoms with Crippen LogP contribution in [-0.4, -0.2) is 48.0 Å². The third-order valence-electron chi connectivity index (χ3n) is 4.05. The van der Waals surface area contributed by atoms with Gasteiger partial charge >= 0.3 is 0 Å². The summed E-state index contributed by atoms with van der Waals surface area (Å²) in [4.78, 5) is 2.12. The molecular formula is C13H27NO2. The number of rotatable bonds is 1. The number of ether oxygens (including phenoxy) is 1. The fraction of sp³-hybridized carbons (Fsp3) is 1.00. The lowest BCUT2D eigenvalue weighted by molar-refractivity contribution is -0.197. The summed E-state index contributed by atoms with van der Waals surface area (Å²) in [5.41, 5.74) is -0.0821. The summed E-state index contributed by atoms with van der Waals surface area (Å²) in [6.07, 6.45) is 0.527. The number of nitrogens with zero attached hydrogens (tertiary/aromatic N) is 1. The molecule has 16 heavy (non-hydrogen) atoms. The Bertz CT molecular complexity index is 247. The molecule has 0 amide bonds. The van der Waals surface area contributed by atoms with Crippen molar-refractivity contribution in [3.8, 4) is 0 Å². The van der Waals surface area contributed by atoms with E-state index in [1.807, 2.05) is 21.0 Å². The molecule has 1 heterocycles. The van der Waals surface area contributed by atoms with E-state index in [4.69, 9.17) is 4.74 Å². The molecule has 1 N–H and O–H groups in total. The predicted octanol–water partition coefficient (Wildman–Crippen LogP) is 1.89. The van der Waals surface area contributed by atoms with Crippen LogP contribution in [0.25, 0.3) is 0 Å². The van der Waals surface area contributed by atoms with Crippen molar-refractivity contribution in [3.63, 3.8) is 0 Å². The molecule has 2 unspecified atom stereocenters. The van der Waals surface area contributed by atoms with Crippen LogP contribution in [-0.2, 0) is 4.74 Å². The lowest BCUT2D eigenvalue weighted by atomic mass is 9.74. The molecule has 0 radical (unpaired) electrons. The minimum Gasteiger partial charge on any atom is -0.388 e. The van der Waals surface area contributed by atoms with Gasteiger partial charge in [0.25, 0.3) is 0 Å². The molecule has 3 heteroatoms. The summed E-state index contributed by atoms with van der Waals surface area (Å²) in [6.45, 7) is 10.7. The first-order valence-corrected chi connectivity index (χ1v) is 6.10. The average Bonchev–Trinajstić information content (AvgIpc) is 2.11. The maximum absolute atomic E-state index is 10.3. The van der Waals surface area contributed by atoms with Gasteiger partial charge in [-0.3, -0.25) is 0 Å². The number of hydrogen-bond acceptors (Lipinski definition) is 3. The Morgan fingerprint density at radius 3 is 2.19 bits per heavy atom. The Balaban J connectivity index is 2.94. The van der Waals surface area contributed by atoms with Crippen LogP contribution in [0.4, 0.5) is 0 Å². The molecule has 1 aliphatic heterocycles. The quantitative estimate of drug-likeness (QED) is 0.745. The van der Waals surface area contributed by atoms with Gasteiger partial charge in [-0.25, -0.2) is 0 Å². The van der Waals surface area contributed by atoms with Crippen LogP contribution in [0.1, 0.15) is 41.0 Å². The Morgan fingerprint density at radius 2 is 1.81 bits per heavy atom. The monoisotopic (exact) mass is 229 g/mol. The largest absolute Gasteiger partial charge is 0.388 e. The van der Waals surface area contributed by atoms with E-state index in [1.165, 1.54) is 0 Å². The van der Waals surface area contributed by atoms with E-state index in [0.29, 0.717) is 0 Å². The van der Waals surface area contributed by atoms with Crippen LogP contribution < -0.4 is 0 Å². The highest BCUT2D eigenvalue weighted by atomic mass is 16.5. The first-order chi connectivity index (χ1) is 7.09. The molecule has 4 atom stereocenters. The molecule has 1 aliphatic rings. The number of aliphatic hydroxyl groups excluding tert-OH is 1. The van der Waals surface area contributed by atoms with E-state index < -0.39 is 6.10 Å². The van der Waals surface area contributed by atoms with Crippen molar-refractivity contribution in [1.82, 2.24) is 4.90 Å². The molecule has 0 aromatic rings. The van der Waals surface area contributed by atoms with Crippen LogP contribution in [0.3, 0.4) is 0 Å². The molecule has 0 bridgehead atoms. The van der Waals surface area contributed by atoms with Gasteiger partial charge in [-0.1, -0.05) is 20.8 Å². The SMILES string of the molecule is CC1O[C@@H](C(C)(C)C)CC(C)(N(C)C)[C@@H]1O. The average molecular weight is 229 g/mol. The van der Waals surface area contributed by atoms with E-state index in [9.17, 15) is 5.11 Å². The first-order valence-electron chi connectivity index (χ1n) is 6.10. The fourth-order valence-corrected chi connectivity index (χ4v) is 2.34. The molecule has 1 rings (SSSR count). The van der Waals surface area contributed by atoms with Crippen LogP contribution in [0.15, 0.2) is 0 Å². The fourth-order valence-electron chi connectivity index (χ4n) is 2.34. The highest BCUT2D eigenvalue weighted by Crippen LogP contribution is 2.39. The van der Waals surface area contributed by atoms with E-state index in [0.717, 1.165) is 6.42 Å². The summed E-state index contributed by atoms with van der Waals surface area (Å²) in [6, 6.07) is 0. The zero-order chi connectivity index (χ0) is 12.7. The Labute approximate surface area is 99.8 Å². The van der Waals surface area contributed by atoms with Crippen LogP contribution in [0.2, 0.25) is 0 Å². The molecule has 0 spiro atoms. The van der Waals surface area contributed by atoms with Crippen molar-refractivity contribution in [2.75, 3.05) is 14.1 Å². The van der Waals surface area contributed by atoms with Gasteiger partial charge in [-0.05, 0) is 39.8 Å². The number of hydrogen-bond donors (Lipinski definition) is 1. The molecule has 96 valence electrons. The first kappa shape index (κ1) is 13.9. The maximum atomic E-state index is 10.3. The van der Waals surface area contributed by atoms with E-state index >= 15 is 0 Å². The summed E-state index contributed by atoms with van der Waals surface area (Å²) in [5, 5.41) is 10.3. The normalized spacial score (nSPS) is 41.4. The molecular weight excluding hydrogens is 202 g/mol. The lowest BCUT2D eigenvalue weighted by Gasteiger charge is -2.52. The van der Waals surface area contributed by atoms with Gasteiger partial charge in [0, 0.05) is 5.54 Å². The Hall–Kier alpha value is -0.120. The van der Waals surface area contributed by atoms with Gasteiger partial charge in [0.05, 0.1) is 18.3 Å². The lowest BCUT2D eigenvalue weighted by Crippen LogP contribution is -2.63. The molecule has 1 saturated heterocycles. The highest BCUT2D eigenvalue weighted by molar-refractivity contribution is 5.01. The van der Waals surface area contributed by atoms with Gasteiger partial charge in [-0.2, -0.15) is 0 Å². The standard InChI is InChI=1S/C13H27NO2/c1-9-11(15)13(5,14(6)7)8-10(16-9)12(2,3)4/h9-11,15H,8H2,1-7H3/t9?,10-,11-,13?/m1/s1. The third-order valence-corrected chi connectivity index (χ3v) is 4.05. The van der Waals surface area contributed by atoms with Crippen molar-refractivity contribution in [2.45, 2.75) is 64.9 Å². The molecule has 1 fully saturated rings. The van der Waals surface area contributed by atoms with Crippen LogP contribution in [0, 0.1) is 5.41 Å². The molecule has 0 aliphatic carbocycles. The molecule has 0 aromatic carbocycles. The molecule has 3 nitrogen and oxygen atoms in total. The predicted molar refractivity (Wildman–Crippen MR) is 66.5 cm³/mol. The van der Waals surface area contributed by atoms with Crippen molar-refractivity contribution in [3.05, 3.63) is 0 Å². The van der Waals surface area contributed by atoms with Crippen molar-refractivity contribution < 1.29 is 9.84 Å². The van der Waals surface area contributed by atoms with Gasteiger partial charge in [0.1, 0.15) is 0 Å². The molecule has 0 aromatic heterocycles. The van der Waals surface area contributed by atoms with Gasteiger partial charge in [-0.15, -0.1) is 0 Å². The minimum absolute atomic E-state index is 0.106.